The number of imidazole rings is 1. The molecule has 0 saturated carbocycles. The summed E-state index contributed by atoms with van der Waals surface area (Å²) >= 11 is 0. The average molecular weight is 990 g/mol. The summed E-state index contributed by atoms with van der Waals surface area (Å²) in [5.74, 6) is 0.865. The van der Waals surface area contributed by atoms with Gasteiger partial charge in [0.25, 0.3) is 0 Å². The van der Waals surface area contributed by atoms with E-state index >= 15 is 0 Å². The van der Waals surface area contributed by atoms with E-state index in [1.54, 1.807) is 0 Å². The molecule has 0 amide bonds. The summed E-state index contributed by atoms with van der Waals surface area (Å²) in [6.45, 7) is 0. The maximum Gasteiger partial charge on any atom is 0.184 e. The molecule has 7 heteroatoms. The second-order valence-corrected chi connectivity index (χ2v) is 27.2. The van der Waals surface area contributed by atoms with Crippen molar-refractivity contribution in [3.8, 4) is 5.69 Å². The maximum absolute atomic E-state index is 5.34. The number of hydrogen-bond acceptors (Lipinski definition) is 3. The Balaban J connectivity index is 1.14. The summed E-state index contributed by atoms with van der Waals surface area (Å²) in [6.07, 6.45) is 5.98. The van der Waals surface area contributed by atoms with Crippen LogP contribution in [0, 0.1) is 0 Å². The Labute approximate surface area is 436 Å². The van der Waals surface area contributed by atoms with Crippen molar-refractivity contribution in [1.82, 2.24) is 18.9 Å². The highest BCUT2D eigenvalue weighted by molar-refractivity contribution is 7.22. The molecule has 0 saturated heterocycles. The average Bonchev–Trinajstić information content (AvgIpc) is 4.27. The minimum atomic E-state index is -3.26. The predicted molar refractivity (Wildman–Crippen MR) is 318 cm³/mol. The topological polar surface area (TPSA) is 38.4 Å². The number of rotatable bonds is 8. The molecule has 0 unspecified atom stereocenters. The van der Waals surface area contributed by atoms with Crippen LogP contribution in [0.5, 0.6) is 0 Å². The van der Waals surface area contributed by atoms with Gasteiger partial charge in [0.15, 0.2) is 16.1 Å². The number of aromatic nitrogens is 4. The SMILES string of the molecule is c1ccc(-n2c3ccccc3c3ccc4c(c32)N(c2ccccn2)c2cc([Si](c3ccccc3)(c3ccccc3)c3ccc5c6ccccc6n6ccnc6c5c3)ccc2[Si]4(c2ccccc2)c2ccccc2)cc1. The van der Waals surface area contributed by atoms with Crippen LogP contribution >= 0.6 is 0 Å². The van der Waals surface area contributed by atoms with Gasteiger partial charge in [0.05, 0.1) is 22.2 Å². The molecule has 5 heterocycles. The monoisotopic (exact) mass is 989 g/mol. The van der Waals surface area contributed by atoms with Crippen LogP contribution in [-0.4, -0.2) is 35.1 Å². The van der Waals surface area contributed by atoms with Gasteiger partial charge in [0, 0.05) is 51.5 Å². The van der Waals surface area contributed by atoms with Crippen LogP contribution in [0.2, 0.25) is 0 Å². The Morgan fingerprint density at radius 1 is 0.373 bits per heavy atom. The van der Waals surface area contributed by atoms with Gasteiger partial charge in [0.1, 0.15) is 11.5 Å². The third-order valence-corrected chi connectivity index (χ3v) is 25.6. The van der Waals surface area contributed by atoms with Crippen LogP contribution in [0.4, 0.5) is 17.2 Å². The van der Waals surface area contributed by atoms with Crippen molar-refractivity contribution in [1.29, 1.82) is 0 Å². The second-order valence-electron chi connectivity index (χ2n) is 19.7. The number of benzene rings is 10. The lowest BCUT2D eigenvalue weighted by Gasteiger charge is -2.46. The Morgan fingerprint density at radius 2 is 0.920 bits per heavy atom. The fraction of sp³-hybridized carbons (Fsp3) is 0. The zero-order chi connectivity index (χ0) is 49.5. The van der Waals surface area contributed by atoms with Crippen molar-refractivity contribution in [2.24, 2.45) is 0 Å². The van der Waals surface area contributed by atoms with Crippen molar-refractivity contribution in [2.75, 3.05) is 4.90 Å². The second kappa shape index (κ2) is 17.1. The molecule has 15 rings (SSSR count). The van der Waals surface area contributed by atoms with Crippen LogP contribution in [0.3, 0.4) is 0 Å². The molecule has 0 atom stereocenters. The number of anilines is 3. The lowest BCUT2D eigenvalue weighted by molar-refractivity contribution is 1.15. The van der Waals surface area contributed by atoms with Gasteiger partial charge in [-0.05, 0) is 89.3 Å². The van der Waals surface area contributed by atoms with E-state index in [2.05, 4.69) is 281 Å². The Morgan fingerprint density at radius 3 is 1.59 bits per heavy atom. The van der Waals surface area contributed by atoms with Gasteiger partial charge in [0.2, 0.25) is 0 Å². The summed E-state index contributed by atoms with van der Waals surface area (Å²) in [7, 11) is -6.48. The normalized spacial score (nSPS) is 13.1. The number of nitrogens with zero attached hydrogens (tertiary/aromatic N) is 5. The van der Waals surface area contributed by atoms with E-state index in [1.807, 2.05) is 18.5 Å². The molecule has 1 aliphatic rings. The van der Waals surface area contributed by atoms with Crippen LogP contribution in [0.1, 0.15) is 0 Å². The molecule has 4 aromatic heterocycles. The lowest BCUT2D eigenvalue weighted by atomic mass is 10.1. The molecule has 1 aliphatic heterocycles. The van der Waals surface area contributed by atoms with E-state index in [9.17, 15) is 0 Å². The van der Waals surface area contributed by atoms with Gasteiger partial charge in [-0.3, -0.25) is 9.30 Å². The van der Waals surface area contributed by atoms with Gasteiger partial charge < -0.3 is 4.57 Å². The standard InChI is InChI=1S/C68H47N5Si2/c1-6-22-48(23-7-1)72-61-35-19-17-33-57(61)58-40-42-64-67(66(58)72)73(65-36-20-21-43-69-65)62-47-54(38-41-63(62)75(64,51-28-12-4-13-29-51)52-30-14-5-15-31-52)74(49-24-8-2-9-25-49,50-26-10-3-11-27-50)53-37-39-55-56-32-16-18-34-60(56)71-45-44-70-68(71)59(55)46-53/h1-47H. The Kier molecular flexibility index (Phi) is 9.85. The van der Waals surface area contributed by atoms with E-state index < -0.39 is 16.1 Å². The number of pyridine rings is 2. The molecule has 5 nitrogen and oxygen atoms in total. The lowest BCUT2D eigenvalue weighted by Crippen LogP contribution is -2.78. The number of hydrogen-bond donors (Lipinski definition) is 0. The van der Waals surface area contributed by atoms with E-state index in [0.717, 1.165) is 50.5 Å². The van der Waals surface area contributed by atoms with Gasteiger partial charge >= 0.3 is 0 Å². The fourth-order valence-electron chi connectivity index (χ4n) is 13.0. The van der Waals surface area contributed by atoms with Crippen molar-refractivity contribution in [3.05, 3.63) is 286 Å². The van der Waals surface area contributed by atoms with Crippen LogP contribution in [0.25, 0.3) is 54.8 Å². The van der Waals surface area contributed by atoms with E-state index in [0.29, 0.717) is 0 Å². The Bertz CT molecular complexity index is 4390. The summed E-state index contributed by atoms with van der Waals surface area (Å²) in [5.41, 5.74) is 7.83. The van der Waals surface area contributed by atoms with Crippen molar-refractivity contribution >= 4 is 124 Å². The molecule has 0 fully saturated rings. The van der Waals surface area contributed by atoms with Crippen LogP contribution in [0.15, 0.2) is 286 Å². The zero-order valence-electron chi connectivity index (χ0n) is 40.9. The van der Waals surface area contributed by atoms with E-state index in [-0.39, 0.29) is 0 Å². The van der Waals surface area contributed by atoms with Gasteiger partial charge in [-0.1, -0.05) is 224 Å². The molecule has 10 aromatic carbocycles. The number of fused-ring (bicyclic) bond motifs is 12. The summed E-state index contributed by atoms with van der Waals surface area (Å²) < 4.78 is 4.76. The Hall–Kier alpha value is -9.41. The highest BCUT2D eigenvalue weighted by Crippen LogP contribution is 2.45. The first-order valence-electron chi connectivity index (χ1n) is 25.7. The molecular weight excluding hydrogens is 943 g/mol. The van der Waals surface area contributed by atoms with Crippen LogP contribution < -0.4 is 46.4 Å². The molecule has 352 valence electrons. The molecule has 75 heavy (non-hydrogen) atoms. The first-order chi connectivity index (χ1) is 37.2. The van der Waals surface area contributed by atoms with Gasteiger partial charge in [-0.25, -0.2) is 9.97 Å². The van der Waals surface area contributed by atoms with E-state index in [1.165, 1.54) is 63.0 Å². The first-order valence-corrected chi connectivity index (χ1v) is 29.7. The van der Waals surface area contributed by atoms with E-state index in [4.69, 9.17) is 9.97 Å². The highest BCUT2D eigenvalue weighted by atomic mass is 28.3. The zero-order valence-corrected chi connectivity index (χ0v) is 42.9. The molecule has 0 N–H and O–H groups in total. The molecule has 0 bridgehead atoms. The summed E-state index contributed by atoms with van der Waals surface area (Å²) in [5, 5.41) is 16.4. The summed E-state index contributed by atoms with van der Waals surface area (Å²) in [4.78, 5) is 12.9. The minimum Gasteiger partial charge on any atom is -0.307 e. The maximum atomic E-state index is 5.34. The van der Waals surface area contributed by atoms with Crippen molar-refractivity contribution in [3.63, 3.8) is 0 Å². The molecule has 0 aliphatic carbocycles. The molecule has 0 spiro atoms. The van der Waals surface area contributed by atoms with Gasteiger partial charge in [-0.2, -0.15) is 0 Å². The smallest absolute Gasteiger partial charge is 0.184 e. The highest BCUT2D eigenvalue weighted by Gasteiger charge is 2.51. The quantitative estimate of drug-likeness (QED) is 0.0865. The molecule has 14 aromatic rings. The van der Waals surface area contributed by atoms with Crippen molar-refractivity contribution < 1.29 is 0 Å². The minimum absolute atomic E-state index is 0.865. The third-order valence-electron chi connectivity index (χ3n) is 16.0. The third kappa shape index (κ3) is 6.23. The fourth-order valence-corrected chi connectivity index (χ4v) is 22.9. The molecule has 0 radical (unpaired) electrons. The predicted octanol–water partition coefficient (Wildman–Crippen LogP) is 10.7. The van der Waals surface area contributed by atoms with Crippen LogP contribution in [-0.2, 0) is 0 Å². The van der Waals surface area contributed by atoms with Gasteiger partial charge in [-0.15, -0.1) is 0 Å². The molecular formula is C68H47N5Si2. The first kappa shape index (κ1) is 43.2. The largest absolute Gasteiger partial charge is 0.307 e. The van der Waals surface area contributed by atoms with Crippen molar-refractivity contribution in [2.45, 2.75) is 0 Å². The summed E-state index contributed by atoms with van der Waals surface area (Å²) in [6, 6.07) is 100. The number of para-hydroxylation sites is 3.